The normalized spacial score (nSPS) is 11.4. The highest BCUT2D eigenvalue weighted by Gasteiger charge is 2.29. The van der Waals surface area contributed by atoms with Crippen molar-refractivity contribution in [1.29, 1.82) is 0 Å². The van der Waals surface area contributed by atoms with Gasteiger partial charge in [-0.2, -0.15) is 0 Å². The van der Waals surface area contributed by atoms with Gasteiger partial charge in [-0.3, -0.25) is 9.36 Å². The average molecular weight is 490 g/mol. The number of unbranched alkanes of at least 4 members (excludes halogenated alkanes) is 6. The van der Waals surface area contributed by atoms with Gasteiger partial charge in [0, 0.05) is 13.6 Å². The number of ether oxygens (including phenoxy) is 2. The van der Waals surface area contributed by atoms with Crippen LogP contribution in [0.3, 0.4) is 0 Å². The van der Waals surface area contributed by atoms with E-state index in [1.54, 1.807) is 6.07 Å². The van der Waals surface area contributed by atoms with Gasteiger partial charge in [-0.15, -0.1) is 5.10 Å². The SMILES string of the molecule is CCCCCCCn1nc(OCCCCCc2cccc(OC(C)(C)C(=O)O)c2)c(=O)n(C)c1=O. The van der Waals surface area contributed by atoms with Crippen molar-refractivity contribution < 1.29 is 19.4 Å². The molecule has 9 heteroatoms. The lowest BCUT2D eigenvalue weighted by molar-refractivity contribution is -0.152. The Balaban J connectivity index is 1.81. The predicted octanol–water partition coefficient (Wildman–Crippen LogP) is 3.95. The first-order chi connectivity index (χ1) is 16.7. The van der Waals surface area contributed by atoms with Crippen LogP contribution in [0.25, 0.3) is 0 Å². The standard InChI is InChI=1S/C26H39N3O6/c1-5-6-7-8-11-17-29-25(33)28(4)23(30)22(27-29)34-18-12-9-10-14-20-15-13-16-21(19-20)35-26(2,3)24(31)32/h13,15-16,19H,5-12,14,17-18H2,1-4H3,(H,31,32). The largest absolute Gasteiger partial charge is 0.478 e. The third kappa shape index (κ3) is 8.88. The molecule has 0 saturated carbocycles. The number of rotatable bonds is 16. The van der Waals surface area contributed by atoms with E-state index in [4.69, 9.17) is 9.47 Å². The van der Waals surface area contributed by atoms with Gasteiger partial charge in [-0.25, -0.2) is 14.3 Å². The van der Waals surface area contributed by atoms with Crippen LogP contribution in [0.4, 0.5) is 0 Å². The molecule has 1 N–H and O–H groups in total. The molecule has 0 aliphatic rings. The van der Waals surface area contributed by atoms with Gasteiger partial charge in [-0.05, 0) is 63.6 Å². The summed E-state index contributed by atoms with van der Waals surface area (Å²) in [5, 5.41) is 13.4. The molecule has 0 radical (unpaired) electrons. The van der Waals surface area contributed by atoms with Crippen LogP contribution in [0.2, 0.25) is 0 Å². The molecule has 194 valence electrons. The van der Waals surface area contributed by atoms with Gasteiger partial charge in [-0.1, -0.05) is 44.7 Å². The molecule has 0 bridgehead atoms. The first kappa shape index (κ1) is 28.1. The summed E-state index contributed by atoms with van der Waals surface area (Å²) in [7, 11) is 1.45. The highest BCUT2D eigenvalue weighted by atomic mass is 16.5. The van der Waals surface area contributed by atoms with E-state index < -0.39 is 22.8 Å². The Morgan fingerprint density at radius 3 is 2.49 bits per heavy atom. The fraction of sp³-hybridized carbons (Fsp3) is 0.615. The summed E-state index contributed by atoms with van der Waals surface area (Å²) in [4.78, 5) is 35.9. The second-order valence-electron chi connectivity index (χ2n) is 9.31. The Bertz CT molecular complexity index is 1070. The van der Waals surface area contributed by atoms with E-state index in [1.165, 1.54) is 32.0 Å². The van der Waals surface area contributed by atoms with Crippen molar-refractivity contribution in [2.45, 2.75) is 90.7 Å². The number of nitrogens with zero attached hydrogens (tertiary/aromatic N) is 3. The maximum atomic E-state index is 12.3. The smallest absolute Gasteiger partial charge is 0.347 e. The summed E-state index contributed by atoms with van der Waals surface area (Å²) in [6.45, 7) is 6.00. The molecule has 1 aromatic heterocycles. The van der Waals surface area contributed by atoms with Crippen molar-refractivity contribution in [3.63, 3.8) is 0 Å². The Hall–Kier alpha value is -3.10. The monoisotopic (exact) mass is 489 g/mol. The molecule has 35 heavy (non-hydrogen) atoms. The Labute approximate surface area is 206 Å². The lowest BCUT2D eigenvalue weighted by atomic mass is 10.1. The van der Waals surface area contributed by atoms with E-state index in [1.807, 2.05) is 18.2 Å². The number of aryl methyl sites for hydroxylation is 2. The van der Waals surface area contributed by atoms with Crippen LogP contribution in [-0.2, 0) is 24.8 Å². The molecule has 2 rings (SSSR count). The van der Waals surface area contributed by atoms with E-state index in [2.05, 4.69) is 12.0 Å². The van der Waals surface area contributed by atoms with Gasteiger partial charge in [0.1, 0.15) is 5.75 Å². The van der Waals surface area contributed by atoms with Crippen molar-refractivity contribution in [3.05, 3.63) is 50.7 Å². The van der Waals surface area contributed by atoms with Gasteiger partial charge in [0.2, 0.25) is 0 Å². The number of carbonyl (C=O) groups is 1. The van der Waals surface area contributed by atoms with Crippen LogP contribution in [0.5, 0.6) is 11.6 Å². The zero-order valence-electron chi connectivity index (χ0n) is 21.4. The van der Waals surface area contributed by atoms with Crippen molar-refractivity contribution >= 4 is 5.97 Å². The van der Waals surface area contributed by atoms with Gasteiger partial charge in [0.15, 0.2) is 5.60 Å². The quantitative estimate of drug-likeness (QED) is 0.355. The highest BCUT2D eigenvalue weighted by molar-refractivity contribution is 5.76. The van der Waals surface area contributed by atoms with Crippen molar-refractivity contribution in [3.8, 4) is 11.6 Å². The van der Waals surface area contributed by atoms with Crippen LogP contribution in [0.1, 0.15) is 77.7 Å². The number of carboxylic acids is 1. The van der Waals surface area contributed by atoms with Crippen LogP contribution in [-0.4, -0.2) is 37.6 Å². The maximum absolute atomic E-state index is 12.3. The number of hydrogen-bond acceptors (Lipinski definition) is 6. The van der Waals surface area contributed by atoms with Crippen molar-refractivity contribution in [2.24, 2.45) is 7.05 Å². The Morgan fingerprint density at radius 2 is 1.77 bits per heavy atom. The van der Waals surface area contributed by atoms with Crippen LogP contribution < -0.4 is 20.7 Å². The van der Waals surface area contributed by atoms with Crippen LogP contribution >= 0.6 is 0 Å². The highest BCUT2D eigenvalue weighted by Crippen LogP contribution is 2.21. The molecule has 0 atom stereocenters. The molecule has 0 aliphatic heterocycles. The topological polar surface area (TPSA) is 113 Å². The van der Waals surface area contributed by atoms with Gasteiger partial charge < -0.3 is 14.6 Å². The van der Waals surface area contributed by atoms with Crippen LogP contribution in [0.15, 0.2) is 33.9 Å². The van der Waals surface area contributed by atoms with Gasteiger partial charge in [0.05, 0.1) is 6.61 Å². The summed E-state index contributed by atoms with van der Waals surface area (Å²) in [5.74, 6) is -0.526. The lowest BCUT2D eigenvalue weighted by Gasteiger charge is -2.21. The maximum Gasteiger partial charge on any atom is 0.347 e. The molecular weight excluding hydrogens is 450 g/mol. The number of aliphatic carboxylic acids is 1. The van der Waals surface area contributed by atoms with Crippen molar-refractivity contribution in [1.82, 2.24) is 14.3 Å². The number of hydrogen-bond donors (Lipinski definition) is 1. The number of carboxylic acid groups (broad SMARTS) is 1. The first-order valence-electron chi connectivity index (χ1n) is 12.5. The molecular formula is C26H39N3O6. The molecule has 0 saturated heterocycles. The predicted molar refractivity (Wildman–Crippen MR) is 134 cm³/mol. The molecule has 0 aliphatic carbocycles. The average Bonchev–Trinajstić information content (AvgIpc) is 2.81. The van der Waals surface area contributed by atoms with E-state index in [-0.39, 0.29) is 5.88 Å². The third-order valence-corrected chi connectivity index (χ3v) is 5.82. The summed E-state index contributed by atoms with van der Waals surface area (Å²) in [6, 6.07) is 7.45. The number of benzene rings is 1. The Morgan fingerprint density at radius 1 is 1.06 bits per heavy atom. The minimum Gasteiger partial charge on any atom is -0.478 e. The molecule has 0 amide bonds. The molecule has 9 nitrogen and oxygen atoms in total. The molecule has 0 unspecified atom stereocenters. The summed E-state index contributed by atoms with van der Waals surface area (Å²) in [6.07, 6.45) is 8.64. The zero-order valence-corrected chi connectivity index (χ0v) is 21.4. The van der Waals surface area contributed by atoms with E-state index in [9.17, 15) is 19.5 Å². The second kappa shape index (κ2) is 13.7. The van der Waals surface area contributed by atoms with Crippen LogP contribution in [0, 0.1) is 0 Å². The molecule has 1 aromatic carbocycles. The molecule has 0 spiro atoms. The van der Waals surface area contributed by atoms with Crippen molar-refractivity contribution in [2.75, 3.05) is 6.61 Å². The Kier molecular flexibility index (Phi) is 11.0. The minimum absolute atomic E-state index is 0.0356. The third-order valence-electron chi connectivity index (χ3n) is 5.82. The minimum atomic E-state index is -1.29. The first-order valence-corrected chi connectivity index (χ1v) is 12.5. The summed E-state index contributed by atoms with van der Waals surface area (Å²) < 4.78 is 13.6. The zero-order chi connectivity index (χ0) is 25.8. The number of aromatic nitrogens is 3. The molecule has 2 aromatic rings. The molecule has 0 fully saturated rings. The van der Waals surface area contributed by atoms with E-state index >= 15 is 0 Å². The van der Waals surface area contributed by atoms with Gasteiger partial charge in [0.25, 0.3) is 5.88 Å². The van der Waals surface area contributed by atoms with E-state index in [0.29, 0.717) is 18.9 Å². The summed E-state index contributed by atoms with van der Waals surface area (Å²) >= 11 is 0. The second-order valence-corrected chi connectivity index (χ2v) is 9.31. The fourth-order valence-corrected chi connectivity index (χ4v) is 3.58. The van der Waals surface area contributed by atoms with E-state index in [0.717, 1.165) is 61.5 Å². The summed E-state index contributed by atoms with van der Waals surface area (Å²) in [5.41, 5.74) is -1.17. The molecule has 1 heterocycles. The lowest BCUT2D eigenvalue weighted by Crippen LogP contribution is -2.40. The van der Waals surface area contributed by atoms with Gasteiger partial charge >= 0.3 is 17.2 Å². The fourth-order valence-electron chi connectivity index (χ4n) is 3.58.